The fourth-order valence-electron chi connectivity index (χ4n) is 13.5. The van der Waals surface area contributed by atoms with E-state index in [0.717, 1.165) is 62.6 Å². The van der Waals surface area contributed by atoms with E-state index in [1.807, 2.05) is 18.2 Å². The number of aliphatic hydroxyl groups is 1. The van der Waals surface area contributed by atoms with Gasteiger partial charge in [-0.1, -0.05) is 60.1 Å². The predicted molar refractivity (Wildman–Crippen MR) is 210 cm³/mol. The van der Waals surface area contributed by atoms with Crippen LogP contribution in [0.3, 0.4) is 0 Å². The molecule has 0 spiro atoms. The molecule has 0 bridgehead atoms. The molecule has 54 heavy (non-hydrogen) atoms. The van der Waals surface area contributed by atoms with Crippen molar-refractivity contribution in [2.45, 2.75) is 145 Å². The van der Waals surface area contributed by atoms with Crippen molar-refractivity contribution in [1.29, 1.82) is 0 Å². The zero-order valence-electron chi connectivity index (χ0n) is 34.7. The summed E-state index contributed by atoms with van der Waals surface area (Å²) in [6.07, 6.45) is 8.83. The molecule has 4 saturated carbocycles. The number of carboxylic acid groups (broad SMARTS) is 1. The van der Waals surface area contributed by atoms with Crippen LogP contribution in [0.2, 0.25) is 0 Å². The molecule has 1 aromatic heterocycles. The van der Waals surface area contributed by atoms with Crippen LogP contribution in [0.25, 0.3) is 0 Å². The zero-order chi connectivity index (χ0) is 39.6. The molecule has 0 aliphatic heterocycles. The topological polar surface area (TPSA) is 143 Å². The average molecular weight is 748 g/mol. The number of ether oxygens (including phenoxy) is 1. The quantitative estimate of drug-likeness (QED) is 0.184. The fraction of sp³-hybridized carbons (Fsp3) is 0.778. The molecule has 300 valence electrons. The molecule has 4 fully saturated rings. The summed E-state index contributed by atoms with van der Waals surface area (Å²) in [6, 6.07) is 5.92. The lowest BCUT2D eigenvalue weighted by atomic mass is 9.33. The number of fused-ring (bicyclic) bond motifs is 7. The minimum atomic E-state index is -1.17. The molecule has 1 heterocycles. The molecule has 0 aromatic carbocycles. The van der Waals surface area contributed by atoms with Crippen molar-refractivity contribution in [2.24, 2.45) is 61.9 Å². The van der Waals surface area contributed by atoms with Crippen molar-refractivity contribution >= 4 is 17.7 Å². The summed E-state index contributed by atoms with van der Waals surface area (Å²) in [5.41, 5.74) is 7.37. The monoisotopic (exact) mass is 748 g/mol. The van der Waals surface area contributed by atoms with Crippen LogP contribution in [0.5, 0.6) is 0 Å². The molecule has 5 aliphatic rings. The van der Waals surface area contributed by atoms with Crippen LogP contribution >= 0.6 is 0 Å². The number of nitrogens with zero attached hydrogens (tertiary/aromatic N) is 2. The zero-order valence-corrected chi connectivity index (χ0v) is 34.7. The Balaban J connectivity index is 1.29. The van der Waals surface area contributed by atoms with Gasteiger partial charge in [0, 0.05) is 49.6 Å². The van der Waals surface area contributed by atoms with Gasteiger partial charge < -0.3 is 20.7 Å². The van der Waals surface area contributed by atoms with E-state index >= 15 is 0 Å². The fourth-order valence-corrected chi connectivity index (χ4v) is 13.5. The maximum absolute atomic E-state index is 14.2. The normalized spacial score (nSPS) is 36.6. The smallest absolute Gasteiger partial charge is 0.309 e. The number of allylic oxidation sites excluding steroid dienone is 1. The number of pyridine rings is 1. The van der Waals surface area contributed by atoms with E-state index in [1.165, 1.54) is 5.57 Å². The highest BCUT2D eigenvalue weighted by molar-refractivity contribution is 6.00. The van der Waals surface area contributed by atoms with Gasteiger partial charge in [0.1, 0.15) is 6.10 Å². The van der Waals surface area contributed by atoms with E-state index in [-0.39, 0.29) is 51.8 Å². The second kappa shape index (κ2) is 14.4. The van der Waals surface area contributed by atoms with Gasteiger partial charge in [0.05, 0.1) is 23.6 Å². The van der Waals surface area contributed by atoms with E-state index in [0.29, 0.717) is 44.4 Å². The predicted octanol–water partition coefficient (Wildman–Crippen LogP) is 7.60. The number of aromatic nitrogens is 1. The first-order chi connectivity index (χ1) is 25.2. The Morgan fingerprint density at radius 1 is 1.00 bits per heavy atom. The highest BCUT2D eigenvalue weighted by atomic mass is 16.5. The molecule has 9 nitrogen and oxygen atoms in total. The summed E-state index contributed by atoms with van der Waals surface area (Å²) in [5, 5.41) is 22.1. The summed E-state index contributed by atoms with van der Waals surface area (Å²) < 4.78 is 6.18. The van der Waals surface area contributed by atoms with Crippen molar-refractivity contribution in [1.82, 2.24) is 9.88 Å². The standard InChI is InChI=1S/C45H69N3O6/c1-28(2)37-31(49)24-45(34(50)27-48(23-21-46)26-29-12-10-11-22-47-29)20-19-43(8)30(38(37)45)13-14-33-42(7)17-16-35(54-36(51)25-40(3,4)39(52)53)41(5,6)32(42)15-18-44(33,43)9/h10-12,22,28,30,32-35,50H,13-21,23-27,46H2,1-9H3,(H,52,53)/t30-,32+,33-,34+,35+,42+,43-,44-,45+/m1/s1. The van der Waals surface area contributed by atoms with E-state index in [9.17, 15) is 24.6 Å². The second-order valence-electron chi connectivity index (χ2n) is 20.4. The first-order valence-corrected chi connectivity index (χ1v) is 20.9. The van der Waals surface area contributed by atoms with Crippen molar-refractivity contribution < 1.29 is 29.3 Å². The molecule has 0 unspecified atom stereocenters. The number of ketones is 1. The molecule has 0 saturated heterocycles. The summed E-state index contributed by atoms with van der Waals surface area (Å²) in [5.74, 6) is -0.0335. The second-order valence-corrected chi connectivity index (χ2v) is 20.4. The molecule has 9 heteroatoms. The molecular weight excluding hydrogens is 679 g/mol. The Kier molecular flexibility index (Phi) is 10.9. The number of aliphatic carboxylic acids is 1. The van der Waals surface area contributed by atoms with Crippen LogP contribution in [0.4, 0.5) is 0 Å². The SMILES string of the molecule is CC(C)C1=C2[C@H]3CC[C@@H]4[C@@]5(C)CC[C@H](OC(=O)CC(C)(C)C(=O)O)C(C)(C)[C@@H]5CC[C@@]4(C)[C@]3(C)CC[C@@]2([C@@H](O)CN(CCN)Cc2ccccn2)CC1=O. The Labute approximate surface area is 324 Å². The van der Waals surface area contributed by atoms with Crippen LogP contribution < -0.4 is 5.73 Å². The number of rotatable bonds is 12. The van der Waals surface area contributed by atoms with E-state index in [2.05, 4.69) is 58.4 Å². The third-order valence-corrected chi connectivity index (χ3v) is 16.5. The summed E-state index contributed by atoms with van der Waals surface area (Å²) in [7, 11) is 0. The molecule has 9 atom stereocenters. The van der Waals surface area contributed by atoms with E-state index in [4.69, 9.17) is 10.5 Å². The van der Waals surface area contributed by atoms with Crippen LogP contribution in [-0.4, -0.2) is 69.7 Å². The minimum Gasteiger partial charge on any atom is -0.481 e. The highest BCUT2D eigenvalue weighted by Gasteiger charge is 2.70. The Bertz CT molecular complexity index is 1640. The van der Waals surface area contributed by atoms with Crippen molar-refractivity contribution in [3.05, 3.63) is 41.2 Å². The van der Waals surface area contributed by atoms with Crippen LogP contribution in [0, 0.1) is 56.2 Å². The third kappa shape index (κ3) is 6.50. The number of carbonyl (C=O) groups is 3. The van der Waals surface area contributed by atoms with Crippen molar-refractivity contribution in [3.63, 3.8) is 0 Å². The number of carbonyl (C=O) groups excluding carboxylic acids is 2. The maximum atomic E-state index is 14.2. The number of Topliss-reactive ketones (excluding diaryl/α,β-unsaturated/α-hetero) is 1. The van der Waals surface area contributed by atoms with Gasteiger partial charge in [0.15, 0.2) is 5.78 Å². The van der Waals surface area contributed by atoms with Gasteiger partial charge in [-0.2, -0.15) is 0 Å². The Hall–Kier alpha value is -2.62. The molecule has 1 aromatic rings. The number of esters is 1. The Morgan fingerprint density at radius 2 is 1.72 bits per heavy atom. The first kappa shape index (κ1) is 41.0. The van der Waals surface area contributed by atoms with E-state index in [1.54, 1.807) is 20.0 Å². The van der Waals surface area contributed by atoms with Crippen LogP contribution in [-0.2, 0) is 25.7 Å². The van der Waals surface area contributed by atoms with Crippen LogP contribution in [0.15, 0.2) is 35.5 Å². The van der Waals surface area contributed by atoms with E-state index < -0.39 is 28.9 Å². The lowest BCUT2D eigenvalue weighted by molar-refractivity contribution is -0.235. The average Bonchev–Trinajstić information content (AvgIpc) is 3.40. The van der Waals surface area contributed by atoms with Gasteiger partial charge in [-0.3, -0.25) is 24.3 Å². The molecule has 0 amide bonds. The first-order valence-electron chi connectivity index (χ1n) is 20.9. The number of nitrogens with two attached hydrogens (primary N) is 1. The molecule has 6 rings (SSSR count). The summed E-state index contributed by atoms with van der Waals surface area (Å²) >= 11 is 0. The highest BCUT2D eigenvalue weighted by Crippen LogP contribution is 2.77. The Morgan fingerprint density at radius 3 is 2.35 bits per heavy atom. The van der Waals surface area contributed by atoms with Gasteiger partial charge >= 0.3 is 11.9 Å². The largest absolute Gasteiger partial charge is 0.481 e. The number of carboxylic acids is 1. The van der Waals surface area contributed by atoms with Gasteiger partial charge in [0.25, 0.3) is 0 Å². The van der Waals surface area contributed by atoms with Crippen LogP contribution in [0.1, 0.15) is 132 Å². The lowest BCUT2D eigenvalue weighted by Crippen LogP contribution is -2.66. The van der Waals surface area contributed by atoms with Gasteiger partial charge in [-0.05, 0) is 123 Å². The number of aliphatic hydroxyl groups excluding tert-OH is 1. The minimum absolute atomic E-state index is 0.0337. The van der Waals surface area contributed by atoms with Crippen molar-refractivity contribution in [2.75, 3.05) is 19.6 Å². The molecule has 0 radical (unpaired) electrons. The summed E-state index contributed by atoms with van der Waals surface area (Å²) in [6.45, 7) is 21.8. The molecule has 4 N–H and O–H groups in total. The molecular formula is C45H69N3O6. The van der Waals surface area contributed by atoms with Gasteiger partial charge in [-0.25, -0.2) is 0 Å². The number of hydrogen-bond donors (Lipinski definition) is 3. The van der Waals surface area contributed by atoms with Gasteiger partial charge in [-0.15, -0.1) is 0 Å². The third-order valence-electron chi connectivity index (χ3n) is 16.5. The summed E-state index contributed by atoms with van der Waals surface area (Å²) in [4.78, 5) is 45.8. The van der Waals surface area contributed by atoms with Gasteiger partial charge in [0.2, 0.25) is 0 Å². The van der Waals surface area contributed by atoms with Crippen molar-refractivity contribution in [3.8, 4) is 0 Å². The molecule has 5 aliphatic carbocycles. The number of hydrogen-bond acceptors (Lipinski definition) is 8. The maximum Gasteiger partial charge on any atom is 0.309 e. The lowest BCUT2D eigenvalue weighted by Gasteiger charge is -2.72.